The first kappa shape index (κ1) is 24.1. The zero-order chi connectivity index (χ0) is 20.0. The summed E-state index contributed by atoms with van der Waals surface area (Å²) in [7, 11) is 0. The van der Waals surface area contributed by atoms with E-state index in [1.54, 1.807) is 13.8 Å². The van der Waals surface area contributed by atoms with E-state index in [4.69, 9.17) is 9.47 Å². The van der Waals surface area contributed by atoms with E-state index >= 15 is 0 Å². The van der Waals surface area contributed by atoms with Crippen molar-refractivity contribution in [2.75, 3.05) is 19.8 Å². The SMILES string of the molecule is CC.CCOC(=O)CCNC(Cc1ccccc1)C(C)(C)C(=O)OCC. The number of carbonyl (C=O) groups is 2. The molecule has 1 aromatic rings. The topological polar surface area (TPSA) is 64.6 Å². The van der Waals surface area contributed by atoms with Gasteiger partial charge in [0.15, 0.2) is 0 Å². The Kier molecular flexibility index (Phi) is 12.4. The molecular weight excluding hydrogens is 330 g/mol. The number of rotatable bonds is 10. The highest BCUT2D eigenvalue weighted by molar-refractivity contribution is 5.77. The zero-order valence-corrected chi connectivity index (χ0v) is 17.1. The van der Waals surface area contributed by atoms with Crippen molar-refractivity contribution in [2.45, 2.75) is 60.4 Å². The van der Waals surface area contributed by atoms with Crippen molar-refractivity contribution in [2.24, 2.45) is 5.41 Å². The third kappa shape index (κ3) is 8.48. The maximum absolute atomic E-state index is 12.3. The minimum Gasteiger partial charge on any atom is -0.466 e. The summed E-state index contributed by atoms with van der Waals surface area (Å²) in [5.74, 6) is -0.480. The predicted octanol–water partition coefficient (Wildman–Crippen LogP) is 3.76. The van der Waals surface area contributed by atoms with E-state index < -0.39 is 5.41 Å². The molecule has 148 valence electrons. The Balaban J connectivity index is 0.00000301. The van der Waals surface area contributed by atoms with Gasteiger partial charge in [0.1, 0.15) is 0 Å². The molecular formula is C21H35NO4. The van der Waals surface area contributed by atoms with Crippen molar-refractivity contribution in [3.63, 3.8) is 0 Å². The molecule has 1 atom stereocenters. The Bertz CT molecular complexity index is 514. The maximum Gasteiger partial charge on any atom is 0.313 e. The van der Waals surface area contributed by atoms with Gasteiger partial charge in [-0.1, -0.05) is 44.2 Å². The molecule has 1 aromatic carbocycles. The molecule has 0 aliphatic carbocycles. The largest absolute Gasteiger partial charge is 0.466 e. The zero-order valence-electron chi connectivity index (χ0n) is 17.1. The first-order valence-corrected chi connectivity index (χ1v) is 9.52. The van der Waals surface area contributed by atoms with Gasteiger partial charge in [0, 0.05) is 12.6 Å². The van der Waals surface area contributed by atoms with Crippen LogP contribution in [0.25, 0.3) is 0 Å². The number of ether oxygens (including phenoxy) is 2. The molecule has 0 aliphatic rings. The number of carbonyl (C=O) groups excluding carboxylic acids is 2. The van der Waals surface area contributed by atoms with Crippen molar-refractivity contribution in [3.8, 4) is 0 Å². The molecule has 0 amide bonds. The van der Waals surface area contributed by atoms with Gasteiger partial charge in [-0.05, 0) is 39.7 Å². The van der Waals surface area contributed by atoms with E-state index in [0.717, 1.165) is 5.56 Å². The molecule has 1 unspecified atom stereocenters. The monoisotopic (exact) mass is 365 g/mol. The van der Waals surface area contributed by atoms with Gasteiger partial charge in [-0.3, -0.25) is 9.59 Å². The summed E-state index contributed by atoms with van der Waals surface area (Å²) in [6.45, 7) is 12.5. The van der Waals surface area contributed by atoms with Crippen LogP contribution in [-0.4, -0.2) is 37.7 Å². The molecule has 0 radical (unpaired) electrons. The number of nitrogens with one attached hydrogen (secondary N) is 1. The van der Waals surface area contributed by atoms with E-state index in [0.29, 0.717) is 26.2 Å². The van der Waals surface area contributed by atoms with Crippen LogP contribution in [0.5, 0.6) is 0 Å². The summed E-state index contributed by atoms with van der Waals surface area (Å²) in [4.78, 5) is 23.9. The molecule has 1 N–H and O–H groups in total. The predicted molar refractivity (Wildman–Crippen MR) is 105 cm³/mol. The van der Waals surface area contributed by atoms with Gasteiger partial charge in [0.25, 0.3) is 0 Å². The molecule has 5 nitrogen and oxygen atoms in total. The van der Waals surface area contributed by atoms with E-state index in [9.17, 15) is 9.59 Å². The maximum atomic E-state index is 12.3. The molecule has 0 aliphatic heterocycles. The van der Waals surface area contributed by atoms with Crippen LogP contribution >= 0.6 is 0 Å². The molecule has 1 rings (SSSR count). The van der Waals surface area contributed by atoms with Crippen molar-refractivity contribution >= 4 is 11.9 Å². The minimum atomic E-state index is -0.708. The highest BCUT2D eigenvalue weighted by atomic mass is 16.5. The Hall–Kier alpha value is -1.88. The summed E-state index contributed by atoms with van der Waals surface area (Å²) in [5.41, 5.74) is 0.420. The van der Waals surface area contributed by atoms with Gasteiger partial charge >= 0.3 is 11.9 Å². The van der Waals surface area contributed by atoms with Crippen LogP contribution in [0, 0.1) is 5.41 Å². The first-order chi connectivity index (χ1) is 12.4. The van der Waals surface area contributed by atoms with E-state index in [2.05, 4.69) is 5.32 Å². The molecule has 0 saturated heterocycles. The van der Waals surface area contributed by atoms with Crippen LogP contribution in [0.15, 0.2) is 30.3 Å². The summed E-state index contributed by atoms with van der Waals surface area (Å²) in [6.07, 6.45) is 0.952. The van der Waals surface area contributed by atoms with Crippen molar-refractivity contribution in [1.29, 1.82) is 0 Å². The van der Waals surface area contributed by atoms with Gasteiger partial charge < -0.3 is 14.8 Å². The molecule has 0 aromatic heterocycles. The van der Waals surface area contributed by atoms with Crippen LogP contribution in [0.1, 0.15) is 53.5 Å². The highest BCUT2D eigenvalue weighted by Crippen LogP contribution is 2.26. The van der Waals surface area contributed by atoms with Gasteiger partial charge in [0.2, 0.25) is 0 Å². The Morgan fingerprint density at radius 1 is 1.04 bits per heavy atom. The lowest BCUT2D eigenvalue weighted by Gasteiger charge is -2.33. The highest BCUT2D eigenvalue weighted by Gasteiger charge is 2.38. The molecule has 0 saturated carbocycles. The Morgan fingerprint density at radius 3 is 2.15 bits per heavy atom. The van der Waals surface area contributed by atoms with E-state index in [-0.39, 0.29) is 24.4 Å². The number of hydrogen-bond acceptors (Lipinski definition) is 5. The summed E-state index contributed by atoms with van der Waals surface area (Å²) in [5, 5.41) is 3.34. The fourth-order valence-electron chi connectivity index (χ4n) is 2.47. The lowest BCUT2D eigenvalue weighted by Crippen LogP contribution is -2.49. The number of esters is 2. The summed E-state index contributed by atoms with van der Waals surface area (Å²) in [6, 6.07) is 9.82. The minimum absolute atomic E-state index is 0.145. The van der Waals surface area contributed by atoms with Crippen LogP contribution in [0.2, 0.25) is 0 Å². The van der Waals surface area contributed by atoms with Crippen molar-refractivity contribution < 1.29 is 19.1 Å². The molecule has 0 heterocycles. The van der Waals surface area contributed by atoms with Crippen LogP contribution in [0.4, 0.5) is 0 Å². The van der Waals surface area contributed by atoms with E-state index in [1.807, 2.05) is 58.0 Å². The van der Waals surface area contributed by atoms with Crippen LogP contribution in [-0.2, 0) is 25.5 Å². The fourth-order valence-corrected chi connectivity index (χ4v) is 2.47. The standard InChI is InChI=1S/C19H29NO4.C2H6/c1-5-23-17(21)12-13-20-16(14-15-10-8-7-9-11-15)19(3,4)18(22)24-6-2;1-2/h7-11,16,20H,5-6,12-14H2,1-4H3;1-2H3. The molecule has 5 heteroatoms. The second kappa shape index (κ2) is 13.3. The van der Waals surface area contributed by atoms with Gasteiger partial charge in [0.05, 0.1) is 25.0 Å². The number of benzene rings is 1. The first-order valence-electron chi connectivity index (χ1n) is 9.52. The van der Waals surface area contributed by atoms with Crippen molar-refractivity contribution in [3.05, 3.63) is 35.9 Å². The molecule has 0 spiro atoms. The van der Waals surface area contributed by atoms with Crippen LogP contribution < -0.4 is 5.32 Å². The quantitative estimate of drug-likeness (QED) is 0.640. The lowest BCUT2D eigenvalue weighted by molar-refractivity contribution is -0.155. The van der Waals surface area contributed by atoms with Crippen molar-refractivity contribution in [1.82, 2.24) is 5.32 Å². The van der Waals surface area contributed by atoms with Gasteiger partial charge in [-0.25, -0.2) is 0 Å². The Morgan fingerprint density at radius 2 is 1.62 bits per heavy atom. The summed E-state index contributed by atoms with van der Waals surface area (Å²) >= 11 is 0. The van der Waals surface area contributed by atoms with Crippen LogP contribution in [0.3, 0.4) is 0 Å². The second-order valence-electron chi connectivity index (χ2n) is 6.19. The average molecular weight is 366 g/mol. The van der Waals surface area contributed by atoms with Gasteiger partial charge in [-0.15, -0.1) is 0 Å². The smallest absolute Gasteiger partial charge is 0.313 e. The normalized spacial score (nSPS) is 11.8. The van der Waals surface area contributed by atoms with E-state index in [1.165, 1.54) is 0 Å². The summed E-state index contributed by atoms with van der Waals surface area (Å²) < 4.78 is 10.2. The third-order valence-electron chi connectivity index (χ3n) is 3.98. The fraction of sp³-hybridized carbons (Fsp3) is 0.619. The molecule has 26 heavy (non-hydrogen) atoms. The second-order valence-corrected chi connectivity index (χ2v) is 6.19. The third-order valence-corrected chi connectivity index (χ3v) is 3.98. The number of hydrogen-bond donors (Lipinski definition) is 1. The average Bonchev–Trinajstić information content (AvgIpc) is 2.64. The lowest BCUT2D eigenvalue weighted by atomic mass is 9.81. The van der Waals surface area contributed by atoms with Gasteiger partial charge in [-0.2, -0.15) is 0 Å². The Labute approximate surface area is 158 Å². The molecule has 0 bridgehead atoms. The molecule has 0 fully saturated rings.